The number of benzene rings is 3. The maximum absolute atomic E-state index is 6.13. The summed E-state index contributed by atoms with van der Waals surface area (Å²) in [7, 11) is 0. The fraction of sp³-hybridized carbons (Fsp3) is 0. The van der Waals surface area contributed by atoms with Gasteiger partial charge >= 0.3 is 0 Å². The van der Waals surface area contributed by atoms with Gasteiger partial charge in [-0.2, -0.15) is 5.10 Å². The molecule has 0 amide bonds. The molecule has 0 aliphatic heterocycles. The van der Waals surface area contributed by atoms with Crippen molar-refractivity contribution in [2.45, 2.75) is 0 Å². The normalized spacial score (nSPS) is 11.0. The Bertz CT molecular complexity index is 1130. The molecule has 0 atom stereocenters. The van der Waals surface area contributed by atoms with Gasteiger partial charge in [-0.15, -0.1) is 11.3 Å². The van der Waals surface area contributed by atoms with E-state index in [0.29, 0.717) is 21.5 Å². The van der Waals surface area contributed by atoms with E-state index < -0.39 is 0 Å². The van der Waals surface area contributed by atoms with Gasteiger partial charge in [0.15, 0.2) is 0 Å². The lowest BCUT2D eigenvalue weighted by Crippen LogP contribution is -1.91. The van der Waals surface area contributed by atoms with Crippen molar-refractivity contribution in [3.63, 3.8) is 0 Å². The number of hydrogen-bond acceptors (Lipinski definition) is 5. The maximum atomic E-state index is 6.13. The fourth-order valence-electron chi connectivity index (χ4n) is 2.54. The predicted octanol–water partition coefficient (Wildman–Crippen LogP) is 7.36. The number of ether oxygens (including phenoxy) is 1. The second-order valence-corrected chi connectivity index (χ2v) is 7.72. The second kappa shape index (κ2) is 9.09. The Morgan fingerprint density at radius 3 is 2.52 bits per heavy atom. The van der Waals surface area contributed by atoms with Gasteiger partial charge < -0.3 is 4.74 Å². The van der Waals surface area contributed by atoms with Gasteiger partial charge in [-0.3, -0.25) is 5.43 Å². The number of hydrazone groups is 1. The van der Waals surface area contributed by atoms with Gasteiger partial charge in [-0.25, -0.2) is 4.98 Å². The Morgan fingerprint density at radius 1 is 0.966 bits per heavy atom. The van der Waals surface area contributed by atoms with Crippen molar-refractivity contribution >= 4 is 45.9 Å². The number of thiazole rings is 1. The van der Waals surface area contributed by atoms with Crippen molar-refractivity contribution < 1.29 is 4.74 Å². The number of nitrogens with one attached hydrogen (secondary N) is 1. The van der Waals surface area contributed by atoms with Crippen LogP contribution in [0.2, 0.25) is 10.0 Å². The summed E-state index contributed by atoms with van der Waals surface area (Å²) in [4.78, 5) is 4.54. The second-order valence-electron chi connectivity index (χ2n) is 6.02. The van der Waals surface area contributed by atoms with Crippen molar-refractivity contribution in [3.05, 3.63) is 93.8 Å². The molecular formula is C22H15Cl2N3OS. The van der Waals surface area contributed by atoms with Crippen molar-refractivity contribution in [3.8, 4) is 22.8 Å². The monoisotopic (exact) mass is 439 g/mol. The summed E-state index contributed by atoms with van der Waals surface area (Å²) in [6.45, 7) is 0. The number of aromatic nitrogens is 1. The largest absolute Gasteiger partial charge is 0.456 e. The molecule has 1 N–H and O–H groups in total. The van der Waals surface area contributed by atoms with E-state index >= 15 is 0 Å². The summed E-state index contributed by atoms with van der Waals surface area (Å²) in [5.41, 5.74) is 5.90. The highest BCUT2D eigenvalue weighted by Crippen LogP contribution is 2.31. The summed E-state index contributed by atoms with van der Waals surface area (Å²) in [5.74, 6) is 1.23. The van der Waals surface area contributed by atoms with Crippen LogP contribution >= 0.6 is 34.5 Å². The molecule has 0 saturated carbocycles. The van der Waals surface area contributed by atoms with Gasteiger partial charge in [-0.05, 0) is 48.0 Å². The number of nitrogens with zero attached hydrogens (tertiary/aromatic N) is 2. The third-order valence-corrected chi connectivity index (χ3v) is 5.23. The zero-order valence-corrected chi connectivity index (χ0v) is 17.4. The molecule has 144 valence electrons. The molecule has 1 heterocycles. The van der Waals surface area contributed by atoms with Crippen LogP contribution in [-0.2, 0) is 0 Å². The molecular weight excluding hydrogens is 425 g/mol. The maximum Gasteiger partial charge on any atom is 0.203 e. The molecule has 0 aliphatic carbocycles. The van der Waals surface area contributed by atoms with Gasteiger partial charge in [-0.1, -0.05) is 53.5 Å². The molecule has 0 radical (unpaired) electrons. The highest BCUT2D eigenvalue weighted by molar-refractivity contribution is 7.14. The first-order valence-corrected chi connectivity index (χ1v) is 10.3. The minimum Gasteiger partial charge on any atom is -0.456 e. The van der Waals surface area contributed by atoms with E-state index in [1.807, 2.05) is 60.0 Å². The summed E-state index contributed by atoms with van der Waals surface area (Å²) >= 11 is 13.5. The molecule has 0 bridgehead atoms. The molecule has 0 fully saturated rings. The Balaban J connectivity index is 1.36. The first-order valence-electron chi connectivity index (χ1n) is 8.70. The fourth-order valence-corrected chi connectivity index (χ4v) is 3.65. The summed E-state index contributed by atoms with van der Waals surface area (Å²) < 4.78 is 5.78. The lowest BCUT2D eigenvalue weighted by molar-refractivity contribution is 0.483. The van der Waals surface area contributed by atoms with Crippen LogP contribution in [0.3, 0.4) is 0 Å². The molecule has 4 rings (SSSR count). The highest BCUT2D eigenvalue weighted by atomic mass is 35.5. The minimum absolute atomic E-state index is 0.464. The van der Waals surface area contributed by atoms with E-state index in [4.69, 9.17) is 27.9 Å². The van der Waals surface area contributed by atoms with Crippen LogP contribution in [0.15, 0.2) is 83.3 Å². The lowest BCUT2D eigenvalue weighted by atomic mass is 10.2. The minimum atomic E-state index is 0.464. The standard InChI is InChI=1S/C22H15Cl2N3OS/c23-17-8-11-21(19(24)12-17)28-18-9-6-15(7-10-18)13-25-27-22-26-20(14-29-22)16-4-2-1-3-5-16/h1-14H,(H,26,27). The van der Waals surface area contributed by atoms with Crippen molar-refractivity contribution in [1.82, 2.24) is 4.98 Å². The van der Waals surface area contributed by atoms with Crippen LogP contribution < -0.4 is 10.2 Å². The Kier molecular flexibility index (Phi) is 6.10. The lowest BCUT2D eigenvalue weighted by Gasteiger charge is -2.07. The van der Waals surface area contributed by atoms with Crippen LogP contribution in [0.1, 0.15) is 5.56 Å². The quantitative estimate of drug-likeness (QED) is 0.252. The van der Waals surface area contributed by atoms with Crippen molar-refractivity contribution in [2.24, 2.45) is 5.10 Å². The average Bonchev–Trinajstić information content (AvgIpc) is 3.21. The van der Waals surface area contributed by atoms with E-state index in [9.17, 15) is 0 Å². The van der Waals surface area contributed by atoms with Crippen LogP contribution in [0, 0.1) is 0 Å². The third-order valence-electron chi connectivity index (χ3n) is 3.95. The molecule has 0 unspecified atom stereocenters. The van der Waals surface area contributed by atoms with Gasteiger partial charge in [0.2, 0.25) is 5.13 Å². The number of rotatable bonds is 6. The van der Waals surface area contributed by atoms with E-state index in [1.54, 1.807) is 24.4 Å². The molecule has 7 heteroatoms. The topological polar surface area (TPSA) is 46.5 Å². The SMILES string of the molecule is Clc1ccc(Oc2ccc(C=NNc3nc(-c4ccccc4)cs3)cc2)c(Cl)c1. The summed E-state index contributed by atoms with van der Waals surface area (Å²) in [5, 5.41) is 8.02. The Labute approximate surface area is 182 Å². The molecule has 0 spiro atoms. The summed E-state index contributed by atoms with van der Waals surface area (Å²) in [6.07, 6.45) is 1.72. The van der Waals surface area contributed by atoms with E-state index in [2.05, 4.69) is 15.5 Å². The zero-order valence-electron chi connectivity index (χ0n) is 15.0. The number of anilines is 1. The first kappa shape index (κ1) is 19.5. The molecule has 4 nitrogen and oxygen atoms in total. The Hall–Kier alpha value is -2.86. The highest BCUT2D eigenvalue weighted by Gasteiger charge is 2.05. The number of halogens is 2. The zero-order chi connectivity index (χ0) is 20.1. The first-order chi connectivity index (χ1) is 14.2. The van der Waals surface area contributed by atoms with E-state index in [0.717, 1.165) is 22.0 Å². The van der Waals surface area contributed by atoms with Gasteiger partial charge in [0.25, 0.3) is 0 Å². The van der Waals surface area contributed by atoms with Gasteiger partial charge in [0.05, 0.1) is 16.9 Å². The molecule has 1 aromatic heterocycles. The Morgan fingerprint density at radius 2 is 1.76 bits per heavy atom. The van der Waals surface area contributed by atoms with Gasteiger partial charge in [0, 0.05) is 16.0 Å². The van der Waals surface area contributed by atoms with Crippen molar-refractivity contribution in [2.75, 3.05) is 5.43 Å². The van der Waals surface area contributed by atoms with Crippen LogP contribution in [0.4, 0.5) is 5.13 Å². The average molecular weight is 440 g/mol. The third kappa shape index (κ3) is 5.15. The molecule has 29 heavy (non-hydrogen) atoms. The van der Waals surface area contributed by atoms with Gasteiger partial charge in [0.1, 0.15) is 11.5 Å². The van der Waals surface area contributed by atoms with Crippen LogP contribution in [-0.4, -0.2) is 11.2 Å². The molecule has 0 aliphatic rings. The van der Waals surface area contributed by atoms with Crippen molar-refractivity contribution in [1.29, 1.82) is 0 Å². The van der Waals surface area contributed by atoms with E-state index in [1.165, 1.54) is 11.3 Å². The van der Waals surface area contributed by atoms with E-state index in [-0.39, 0.29) is 0 Å². The van der Waals surface area contributed by atoms with Crippen LogP contribution in [0.5, 0.6) is 11.5 Å². The molecule has 4 aromatic rings. The molecule has 0 saturated heterocycles. The smallest absolute Gasteiger partial charge is 0.203 e. The number of hydrogen-bond donors (Lipinski definition) is 1. The summed E-state index contributed by atoms with van der Waals surface area (Å²) in [6, 6.07) is 22.7. The van der Waals surface area contributed by atoms with Crippen LogP contribution in [0.25, 0.3) is 11.3 Å². The predicted molar refractivity (Wildman–Crippen MR) is 122 cm³/mol. The molecule has 3 aromatic carbocycles.